The van der Waals surface area contributed by atoms with Crippen molar-refractivity contribution >= 4 is 17.4 Å². The molecular weight excluding hydrogens is 404 g/mol. The quantitative estimate of drug-likeness (QED) is 0.384. The number of aryl methyl sites for hydroxylation is 2. The number of amides is 1. The van der Waals surface area contributed by atoms with E-state index in [1.54, 1.807) is 24.1 Å². The van der Waals surface area contributed by atoms with Gasteiger partial charge in [-0.05, 0) is 56.3 Å². The van der Waals surface area contributed by atoms with Gasteiger partial charge in [0.05, 0.1) is 18.7 Å². The van der Waals surface area contributed by atoms with E-state index in [2.05, 4.69) is 18.7 Å². The molecule has 2 aromatic rings. The molecule has 1 N–H and O–H groups in total. The molecule has 0 aromatic heterocycles. The third-order valence-corrected chi connectivity index (χ3v) is 6.17. The first-order valence-corrected chi connectivity index (χ1v) is 11.0. The van der Waals surface area contributed by atoms with Gasteiger partial charge < -0.3 is 19.6 Å². The molecular formula is C26H32N2O4. The van der Waals surface area contributed by atoms with Crippen LogP contribution in [0.2, 0.25) is 0 Å². The number of aliphatic hydroxyl groups is 1. The summed E-state index contributed by atoms with van der Waals surface area (Å²) < 4.78 is 5.27. The maximum Gasteiger partial charge on any atom is 0.295 e. The zero-order valence-electron chi connectivity index (χ0n) is 19.5. The van der Waals surface area contributed by atoms with Crippen LogP contribution in [-0.4, -0.2) is 59.9 Å². The van der Waals surface area contributed by atoms with Crippen molar-refractivity contribution in [1.82, 2.24) is 9.80 Å². The van der Waals surface area contributed by atoms with Crippen molar-refractivity contribution in [2.24, 2.45) is 0 Å². The van der Waals surface area contributed by atoms with E-state index in [0.717, 1.165) is 29.8 Å². The van der Waals surface area contributed by atoms with Crippen molar-refractivity contribution in [2.75, 3.05) is 33.3 Å². The van der Waals surface area contributed by atoms with Gasteiger partial charge in [-0.1, -0.05) is 43.7 Å². The van der Waals surface area contributed by atoms with Crippen LogP contribution in [0.25, 0.3) is 5.76 Å². The normalized spacial score (nSPS) is 17.9. The van der Waals surface area contributed by atoms with E-state index >= 15 is 0 Å². The molecule has 1 atom stereocenters. The second-order valence-electron chi connectivity index (χ2n) is 8.11. The lowest BCUT2D eigenvalue weighted by Gasteiger charge is -2.28. The fraction of sp³-hybridized carbons (Fsp3) is 0.385. The number of ether oxygens (including phenoxy) is 1. The summed E-state index contributed by atoms with van der Waals surface area (Å²) >= 11 is 0. The number of hydrogen-bond donors (Lipinski definition) is 1. The summed E-state index contributed by atoms with van der Waals surface area (Å²) in [5, 5.41) is 11.3. The van der Waals surface area contributed by atoms with Gasteiger partial charge in [0.2, 0.25) is 0 Å². The largest absolute Gasteiger partial charge is 0.507 e. The fourth-order valence-electron chi connectivity index (χ4n) is 4.17. The van der Waals surface area contributed by atoms with Crippen LogP contribution >= 0.6 is 0 Å². The summed E-state index contributed by atoms with van der Waals surface area (Å²) in [5.41, 5.74) is 3.28. The van der Waals surface area contributed by atoms with Gasteiger partial charge in [-0.15, -0.1) is 0 Å². The Morgan fingerprint density at radius 2 is 1.72 bits per heavy atom. The van der Waals surface area contributed by atoms with Crippen molar-refractivity contribution in [1.29, 1.82) is 0 Å². The minimum atomic E-state index is -0.656. The number of carbonyl (C=O) groups is 2. The molecule has 1 fully saturated rings. The first-order valence-electron chi connectivity index (χ1n) is 11.0. The summed E-state index contributed by atoms with van der Waals surface area (Å²) in [5.74, 6) is -0.673. The number of likely N-dealkylation sites (N-methyl/N-ethyl adjacent to an activating group) is 1. The van der Waals surface area contributed by atoms with Crippen LogP contribution < -0.4 is 4.74 Å². The van der Waals surface area contributed by atoms with E-state index in [-0.39, 0.29) is 11.3 Å². The molecule has 32 heavy (non-hydrogen) atoms. The molecule has 1 aliphatic rings. The van der Waals surface area contributed by atoms with Gasteiger partial charge in [0.15, 0.2) is 0 Å². The Kier molecular flexibility index (Phi) is 7.36. The molecule has 1 unspecified atom stereocenters. The smallest absolute Gasteiger partial charge is 0.295 e. The van der Waals surface area contributed by atoms with E-state index in [4.69, 9.17) is 4.74 Å². The van der Waals surface area contributed by atoms with Crippen LogP contribution in [0.15, 0.2) is 48.0 Å². The first kappa shape index (κ1) is 23.5. The number of ketones is 1. The topological polar surface area (TPSA) is 70.1 Å². The Labute approximate surface area is 190 Å². The van der Waals surface area contributed by atoms with Crippen molar-refractivity contribution in [3.05, 3.63) is 70.3 Å². The molecule has 170 valence electrons. The number of Topliss-reactive ketones (excluding diaryl/α,β-unsaturated/α-hetero) is 1. The van der Waals surface area contributed by atoms with Crippen LogP contribution in [0.5, 0.6) is 5.75 Å². The summed E-state index contributed by atoms with van der Waals surface area (Å²) in [6.07, 6.45) is 0. The highest BCUT2D eigenvalue weighted by atomic mass is 16.5. The van der Waals surface area contributed by atoms with E-state index in [9.17, 15) is 14.7 Å². The summed E-state index contributed by atoms with van der Waals surface area (Å²) in [6.45, 7) is 10.7. The molecule has 1 heterocycles. The maximum absolute atomic E-state index is 13.2. The number of methoxy groups -OCH3 is 1. The van der Waals surface area contributed by atoms with Gasteiger partial charge in [0.25, 0.3) is 11.7 Å². The Morgan fingerprint density at radius 1 is 1.06 bits per heavy atom. The summed E-state index contributed by atoms with van der Waals surface area (Å²) in [4.78, 5) is 30.0. The van der Waals surface area contributed by atoms with Crippen LogP contribution in [0.3, 0.4) is 0 Å². The Balaban J connectivity index is 2.13. The average Bonchev–Trinajstić information content (AvgIpc) is 3.05. The number of hydrogen-bond acceptors (Lipinski definition) is 5. The molecule has 0 aliphatic carbocycles. The van der Waals surface area contributed by atoms with Crippen LogP contribution in [0.4, 0.5) is 0 Å². The fourth-order valence-corrected chi connectivity index (χ4v) is 4.17. The Morgan fingerprint density at radius 3 is 2.31 bits per heavy atom. The highest BCUT2D eigenvalue weighted by Gasteiger charge is 2.46. The number of likely N-dealkylation sites (tertiary alicyclic amines) is 1. The lowest BCUT2D eigenvalue weighted by atomic mass is 9.93. The van der Waals surface area contributed by atoms with Gasteiger partial charge >= 0.3 is 0 Å². The molecule has 1 amide bonds. The minimum Gasteiger partial charge on any atom is -0.507 e. The van der Waals surface area contributed by atoms with Crippen LogP contribution in [0.1, 0.15) is 42.1 Å². The van der Waals surface area contributed by atoms with E-state index in [0.29, 0.717) is 24.4 Å². The zero-order valence-corrected chi connectivity index (χ0v) is 19.5. The highest BCUT2D eigenvalue weighted by molar-refractivity contribution is 6.46. The standard InChI is InChI=1S/C26H32N2O4/c1-6-27(7-2)14-15-28-23(19-10-12-20(32-5)13-11-19)22(25(30)26(28)31)24(29)21-16-17(3)8-9-18(21)4/h8-13,16,23,29H,6-7,14-15H2,1-5H3/b24-22+. The third-order valence-electron chi connectivity index (χ3n) is 6.17. The van der Waals surface area contributed by atoms with Crippen LogP contribution in [-0.2, 0) is 9.59 Å². The van der Waals surface area contributed by atoms with Gasteiger partial charge in [-0.3, -0.25) is 9.59 Å². The first-order chi connectivity index (χ1) is 15.3. The molecule has 6 heteroatoms. The SMILES string of the molecule is CCN(CC)CCN1C(=O)C(=O)/C(=C(/O)c2cc(C)ccc2C)C1c1ccc(OC)cc1. The summed E-state index contributed by atoms with van der Waals surface area (Å²) in [6, 6.07) is 12.3. The van der Waals surface area contributed by atoms with Gasteiger partial charge in [0.1, 0.15) is 11.5 Å². The Bertz CT molecular complexity index is 1020. The molecule has 3 rings (SSSR count). The van der Waals surface area contributed by atoms with Crippen molar-refractivity contribution in [2.45, 2.75) is 33.7 Å². The Hall–Kier alpha value is -3.12. The number of benzene rings is 2. The molecule has 6 nitrogen and oxygen atoms in total. The van der Waals surface area contributed by atoms with Crippen LogP contribution in [0, 0.1) is 13.8 Å². The third kappa shape index (κ3) is 4.55. The monoisotopic (exact) mass is 436 g/mol. The molecule has 2 aromatic carbocycles. The number of rotatable bonds is 8. The molecule has 0 radical (unpaired) electrons. The molecule has 0 saturated carbocycles. The summed E-state index contributed by atoms with van der Waals surface area (Å²) in [7, 11) is 1.59. The predicted molar refractivity (Wildman–Crippen MR) is 126 cm³/mol. The van der Waals surface area contributed by atoms with Gasteiger partial charge in [-0.2, -0.15) is 0 Å². The zero-order chi connectivity index (χ0) is 23.4. The number of aliphatic hydroxyl groups excluding tert-OH is 1. The average molecular weight is 437 g/mol. The van der Waals surface area contributed by atoms with Crippen molar-refractivity contribution in [3.63, 3.8) is 0 Å². The molecule has 0 bridgehead atoms. The van der Waals surface area contributed by atoms with Gasteiger partial charge in [-0.25, -0.2) is 0 Å². The molecule has 1 saturated heterocycles. The predicted octanol–water partition coefficient (Wildman–Crippen LogP) is 4.08. The van der Waals surface area contributed by atoms with Gasteiger partial charge in [0, 0.05) is 18.7 Å². The minimum absolute atomic E-state index is 0.129. The molecule has 0 spiro atoms. The number of nitrogens with zero attached hydrogens (tertiary/aromatic N) is 2. The van der Waals surface area contributed by atoms with Crippen molar-refractivity contribution in [3.8, 4) is 5.75 Å². The maximum atomic E-state index is 13.2. The lowest BCUT2D eigenvalue weighted by molar-refractivity contribution is -0.140. The van der Waals surface area contributed by atoms with E-state index < -0.39 is 17.7 Å². The second kappa shape index (κ2) is 10.0. The second-order valence-corrected chi connectivity index (χ2v) is 8.11. The molecule has 1 aliphatic heterocycles. The number of carbonyl (C=O) groups excluding carboxylic acids is 2. The highest BCUT2D eigenvalue weighted by Crippen LogP contribution is 2.40. The van der Waals surface area contributed by atoms with E-state index in [1.807, 2.05) is 44.2 Å². The van der Waals surface area contributed by atoms with E-state index in [1.165, 1.54) is 0 Å². The van der Waals surface area contributed by atoms with Crippen molar-refractivity contribution < 1.29 is 19.4 Å². The lowest BCUT2D eigenvalue weighted by Crippen LogP contribution is -2.38.